The van der Waals surface area contributed by atoms with Crippen molar-refractivity contribution in [3.63, 3.8) is 0 Å². The predicted molar refractivity (Wildman–Crippen MR) is 114 cm³/mol. The molecule has 6 atom stereocenters. The lowest BCUT2D eigenvalue weighted by molar-refractivity contribution is -0.350. The molecule has 2 heterocycles. The van der Waals surface area contributed by atoms with E-state index in [-0.39, 0.29) is 36.2 Å². The molecule has 0 aliphatic carbocycles. The van der Waals surface area contributed by atoms with Crippen LogP contribution in [0.1, 0.15) is 17.2 Å². The van der Waals surface area contributed by atoms with Crippen molar-refractivity contribution in [2.45, 2.75) is 36.8 Å². The first-order valence-electron chi connectivity index (χ1n) is 10.4. The molecule has 2 fully saturated rings. The number of benzene rings is 2. The predicted octanol–water partition coefficient (Wildman–Crippen LogP) is 0.669. The first kappa shape index (κ1) is 23.8. The molecule has 0 amide bonds. The molecule has 0 saturated carbocycles. The van der Waals surface area contributed by atoms with Crippen molar-refractivity contribution in [2.75, 3.05) is 13.2 Å². The molecule has 182 valence electrons. The van der Waals surface area contributed by atoms with Crippen LogP contribution in [0.2, 0.25) is 0 Å². The van der Waals surface area contributed by atoms with Crippen molar-refractivity contribution in [3.05, 3.63) is 53.6 Å². The molecular weight excluding hydrogens is 452 g/mol. The molecule has 4 rings (SSSR count). The van der Waals surface area contributed by atoms with Crippen LogP contribution in [-0.2, 0) is 23.7 Å². The van der Waals surface area contributed by atoms with Crippen molar-refractivity contribution in [2.24, 2.45) is 0 Å². The smallest absolute Gasteiger partial charge is 0.330 e. The Morgan fingerprint density at radius 2 is 1.65 bits per heavy atom. The zero-order valence-electron chi connectivity index (χ0n) is 17.7. The van der Waals surface area contributed by atoms with E-state index in [4.69, 9.17) is 18.9 Å². The summed E-state index contributed by atoms with van der Waals surface area (Å²) in [5.41, 5.74) is 0.948. The number of carbonyl (C=O) groups is 1. The number of aliphatic hydroxyl groups excluding tert-OH is 2. The first-order valence-corrected chi connectivity index (χ1v) is 10.4. The van der Waals surface area contributed by atoms with Crippen LogP contribution in [0, 0.1) is 0 Å². The lowest BCUT2D eigenvalue weighted by Crippen LogP contribution is -2.62. The van der Waals surface area contributed by atoms with Crippen LogP contribution < -0.4 is 0 Å². The molecule has 0 radical (unpaired) electrons. The van der Waals surface area contributed by atoms with Crippen LogP contribution in [-0.4, -0.2) is 80.5 Å². The van der Waals surface area contributed by atoms with Gasteiger partial charge in [0, 0.05) is 6.08 Å². The average molecular weight is 476 g/mol. The molecule has 6 N–H and O–H groups in total. The molecule has 2 aromatic carbocycles. The number of carbonyl (C=O) groups excluding carboxylic acids is 1. The third kappa shape index (κ3) is 5.08. The molecule has 34 heavy (non-hydrogen) atoms. The summed E-state index contributed by atoms with van der Waals surface area (Å²) in [4.78, 5) is 12.0. The van der Waals surface area contributed by atoms with Crippen LogP contribution in [0.15, 0.2) is 42.5 Å². The van der Waals surface area contributed by atoms with Gasteiger partial charge in [-0.3, -0.25) is 0 Å². The van der Waals surface area contributed by atoms with Gasteiger partial charge in [-0.15, -0.1) is 0 Å². The highest BCUT2D eigenvalue weighted by atomic mass is 16.7. The Labute approximate surface area is 193 Å². The number of phenols is 4. The normalized spacial score (nSPS) is 29.0. The Bertz CT molecular complexity index is 1070. The average Bonchev–Trinajstić information content (AvgIpc) is 2.82. The van der Waals surface area contributed by atoms with E-state index in [1.54, 1.807) is 0 Å². The lowest BCUT2D eigenvalue weighted by atomic mass is 9.97. The summed E-state index contributed by atoms with van der Waals surface area (Å²) in [6, 6.07) is 8.15. The van der Waals surface area contributed by atoms with Gasteiger partial charge in [0.1, 0.15) is 37.1 Å². The van der Waals surface area contributed by atoms with Crippen LogP contribution >= 0.6 is 0 Å². The second kappa shape index (κ2) is 9.87. The third-order valence-corrected chi connectivity index (χ3v) is 5.55. The minimum atomic E-state index is -1.44. The standard InChI is InChI=1S/C23H24O11/c24-13-4-1-11(7-15(13)26)2-6-19(28)31-10-18-20(29)21(30)22-23(34-18)32-9-17(33-22)12-3-5-14(25)16(27)8-12/h1-8,17-18,20-27,29-30H,9-10H2/b6-2+/t17-,18-,20-,21+,22-,23-/m1/s1. The minimum absolute atomic E-state index is 0.0168. The second-order valence-electron chi connectivity index (χ2n) is 7.91. The van der Waals surface area contributed by atoms with Crippen molar-refractivity contribution in [3.8, 4) is 23.0 Å². The van der Waals surface area contributed by atoms with Gasteiger partial charge in [0.15, 0.2) is 29.3 Å². The SMILES string of the molecule is O=C(/C=C/c1ccc(O)c(O)c1)OC[C@H]1O[C@H]2OC[C@H](c3ccc(O)c(O)c3)O[C@@H]2[C@@H](O)[C@@H]1O. The maximum Gasteiger partial charge on any atom is 0.330 e. The van der Waals surface area contributed by atoms with Gasteiger partial charge in [-0.2, -0.15) is 0 Å². The van der Waals surface area contributed by atoms with E-state index >= 15 is 0 Å². The number of hydrogen-bond acceptors (Lipinski definition) is 11. The zero-order chi connectivity index (χ0) is 24.4. The molecule has 2 aromatic rings. The molecule has 0 unspecified atom stereocenters. The summed E-state index contributed by atoms with van der Waals surface area (Å²) in [7, 11) is 0. The van der Waals surface area contributed by atoms with Crippen LogP contribution in [0.4, 0.5) is 0 Å². The summed E-state index contributed by atoms with van der Waals surface area (Å²) in [5.74, 6) is -2.00. The fraction of sp³-hybridized carbons (Fsp3) is 0.348. The van der Waals surface area contributed by atoms with Crippen molar-refractivity contribution < 1.29 is 54.4 Å². The molecule has 0 spiro atoms. The van der Waals surface area contributed by atoms with Gasteiger partial charge in [-0.1, -0.05) is 12.1 Å². The van der Waals surface area contributed by atoms with E-state index in [1.807, 2.05) is 0 Å². The van der Waals surface area contributed by atoms with Gasteiger partial charge < -0.3 is 49.6 Å². The van der Waals surface area contributed by atoms with E-state index in [1.165, 1.54) is 42.5 Å². The quantitative estimate of drug-likeness (QED) is 0.203. The Balaban J connectivity index is 1.33. The summed E-state index contributed by atoms with van der Waals surface area (Å²) in [6.45, 7) is -0.354. The monoisotopic (exact) mass is 476 g/mol. The van der Waals surface area contributed by atoms with Crippen molar-refractivity contribution in [1.82, 2.24) is 0 Å². The van der Waals surface area contributed by atoms with E-state index in [9.17, 15) is 35.4 Å². The number of hydrogen-bond donors (Lipinski definition) is 6. The van der Waals surface area contributed by atoms with Crippen LogP contribution in [0.25, 0.3) is 6.08 Å². The first-order chi connectivity index (χ1) is 16.2. The fourth-order valence-corrected chi connectivity index (χ4v) is 3.67. The Kier molecular flexibility index (Phi) is 6.91. The summed E-state index contributed by atoms with van der Waals surface area (Å²) in [5, 5.41) is 58.9. The van der Waals surface area contributed by atoms with E-state index < -0.39 is 42.8 Å². The van der Waals surface area contributed by atoms with Crippen molar-refractivity contribution >= 4 is 12.0 Å². The number of esters is 1. The molecule has 2 aliphatic rings. The zero-order valence-corrected chi connectivity index (χ0v) is 17.7. The van der Waals surface area contributed by atoms with Crippen molar-refractivity contribution in [1.29, 1.82) is 0 Å². The molecule has 0 aromatic heterocycles. The van der Waals surface area contributed by atoms with Gasteiger partial charge in [0.2, 0.25) is 0 Å². The molecule has 11 nitrogen and oxygen atoms in total. The number of aliphatic hydroxyl groups is 2. The van der Waals surface area contributed by atoms with E-state index in [0.29, 0.717) is 11.1 Å². The highest BCUT2D eigenvalue weighted by Gasteiger charge is 2.49. The molecule has 0 bridgehead atoms. The molecular formula is C23H24O11. The number of phenolic OH excluding ortho intramolecular Hbond substituents is 4. The number of aromatic hydroxyl groups is 4. The van der Waals surface area contributed by atoms with Crippen LogP contribution in [0.3, 0.4) is 0 Å². The number of ether oxygens (including phenoxy) is 4. The van der Waals surface area contributed by atoms with Crippen LogP contribution in [0.5, 0.6) is 23.0 Å². The van der Waals surface area contributed by atoms with Gasteiger partial charge in [0.05, 0.1) is 6.61 Å². The maximum atomic E-state index is 12.0. The highest BCUT2D eigenvalue weighted by Crippen LogP contribution is 2.36. The second-order valence-corrected chi connectivity index (χ2v) is 7.91. The van der Waals surface area contributed by atoms with E-state index in [0.717, 1.165) is 6.08 Å². The lowest BCUT2D eigenvalue weighted by Gasteiger charge is -2.46. The van der Waals surface area contributed by atoms with Gasteiger partial charge in [-0.25, -0.2) is 4.79 Å². The summed E-state index contributed by atoms with van der Waals surface area (Å²) < 4.78 is 22.2. The Hall–Kier alpha value is -3.35. The third-order valence-electron chi connectivity index (χ3n) is 5.55. The summed E-state index contributed by atoms with van der Waals surface area (Å²) in [6.07, 6.45) is -4.23. The van der Waals surface area contributed by atoms with Gasteiger partial charge >= 0.3 is 5.97 Å². The van der Waals surface area contributed by atoms with Gasteiger partial charge in [0.25, 0.3) is 0 Å². The topological polar surface area (TPSA) is 175 Å². The molecule has 2 aliphatic heterocycles. The Morgan fingerprint density at radius 1 is 0.941 bits per heavy atom. The highest BCUT2D eigenvalue weighted by molar-refractivity contribution is 5.87. The summed E-state index contributed by atoms with van der Waals surface area (Å²) >= 11 is 0. The van der Waals surface area contributed by atoms with Gasteiger partial charge in [-0.05, 0) is 41.5 Å². The minimum Gasteiger partial charge on any atom is -0.504 e. The largest absolute Gasteiger partial charge is 0.504 e. The number of rotatable bonds is 5. The maximum absolute atomic E-state index is 12.0. The number of fused-ring (bicyclic) bond motifs is 1. The van der Waals surface area contributed by atoms with E-state index in [2.05, 4.69) is 0 Å². The molecule has 2 saturated heterocycles. The Morgan fingerprint density at radius 3 is 2.35 bits per heavy atom. The molecule has 11 heteroatoms. The fourth-order valence-electron chi connectivity index (χ4n) is 3.67.